The molecule has 0 radical (unpaired) electrons. The van der Waals surface area contributed by atoms with E-state index in [9.17, 15) is 14.4 Å². The standard InChI is InChI=1S/C62H108O6/c1-4-7-10-13-16-18-20-22-24-26-27-28-29-30-31-32-33-34-35-37-38-40-42-44-46-49-52-55-61(64)67-58-59(57-66-60(63)54-51-48-15-12-9-6-3)68-62(65)56-53-50-47-45-43-41-39-36-25-23-21-19-17-14-11-8-5-2/h7,10,16-19,22-25,27-28,59H,4-6,8-9,11-15,20-21,26,29-58H2,1-3H3/b10-7-,18-16-,19-17-,24-22-,25-23-,28-27-. The Bertz CT molecular complexity index is 1270. The maximum Gasteiger partial charge on any atom is 0.306 e. The SMILES string of the molecule is CC/C=C\C/C=C\C/C=C\C/C=C\CCCCCCCCCCCCCCCCC(=O)OCC(COC(=O)CCCCCCCC)OC(=O)CCCCCCCCC/C=C\C/C=C\CCCCC. The van der Waals surface area contributed by atoms with Crippen LogP contribution in [-0.4, -0.2) is 37.2 Å². The van der Waals surface area contributed by atoms with Crippen molar-refractivity contribution in [3.8, 4) is 0 Å². The third-order valence-corrected chi connectivity index (χ3v) is 12.4. The van der Waals surface area contributed by atoms with Gasteiger partial charge in [0.15, 0.2) is 6.10 Å². The van der Waals surface area contributed by atoms with Crippen LogP contribution in [0.2, 0.25) is 0 Å². The fourth-order valence-electron chi connectivity index (χ4n) is 8.11. The summed E-state index contributed by atoms with van der Waals surface area (Å²) in [5.41, 5.74) is 0. The number of ether oxygens (including phenoxy) is 3. The van der Waals surface area contributed by atoms with Gasteiger partial charge in [0.25, 0.3) is 0 Å². The molecule has 0 saturated carbocycles. The number of rotatable bonds is 52. The van der Waals surface area contributed by atoms with Gasteiger partial charge in [0.2, 0.25) is 0 Å². The summed E-state index contributed by atoms with van der Waals surface area (Å²) in [6, 6.07) is 0. The molecule has 0 aromatic heterocycles. The van der Waals surface area contributed by atoms with Crippen molar-refractivity contribution in [2.45, 2.75) is 290 Å². The number of unbranched alkanes of at least 4 members (excludes halogenated alkanes) is 29. The van der Waals surface area contributed by atoms with E-state index in [2.05, 4.69) is 93.7 Å². The number of esters is 3. The van der Waals surface area contributed by atoms with Crippen molar-refractivity contribution < 1.29 is 28.6 Å². The van der Waals surface area contributed by atoms with Crippen LogP contribution < -0.4 is 0 Å². The highest BCUT2D eigenvalue weighted by atomic mass is 16.6. The monoisotopic (exact) mass is 949 g/mol. The predicted octanol–water partition coefficient (Wildman–Crippen LogP) is 19.4. The van der Waals surface area contributed by atoms with Crippen molar-refractivity contribution in [3.63, 3.8) is 0 Å². The van der Waals surface area contributed by atoms with Gasteiger partial charge in [0, 0.05) is 19.3 Å². The van der Waals surface area contributed by atoms with Crippen LogP contribution in [0, 0.1) is 0 Å². The van der Waals surface area contributed by atoms with E-state index in [4.69, 9.17) is 14.2 Å². The zero-order valence-electron chi connectivity index (χ0n) is 44.9. The van der Waals surface area contributed by atoms with Crippen LogP contribution in [-0.2, 0) is 28.6 Å². The van der Waals surface area contributed by atoms with Gasteiger partial charge in [-0.2, -0.15) is 0 Å². The predicted molar refractivity (Wildman–Crippen MR) is 293 cm³/mol. The lowest BCUT2D eigenvalue weighted by Crippen LogP contribution is -2.30. The number of allylic oxidation sites excluding steroid dienone is 12. The lowest BCUT2D eigenvalue weighted by molar-refractivity contribution is -0.167. The maximum atomic E-state index is 12.8. The van der Waals surface area contributed by atoms with Crippen molar-refractivity contribution >= 4 is 17.9 Å². The van der Waals surface area contributed by atoms with Crippen molar-refractivity contribution in [2.75, 3.05) is 13.2 Å². The van der Waals surface area contributed by atoms with Crippen LogP contribution in [0.1, 0.15) is 284 Å². The van der Waals surface area contributed by atoms with Crippen LogP contribution in [0.25, 0.3) is 0 Å². The van der Waals surface area contributed by atoms with Gasteiger partial charge in [-0.05, 0) is 89.9 Å². The van der Waals surface area contributed by atoms with Gasteiger partial charge in [-0.15, -0.1) is 0 Å². The highest BCUT2D eigenvalue weighted by Gasteiger charge is 2.19. The van der Waals surface area contributed by atoms with Crippen LogP contribution in [0.5, 0.6) is 0 Å². The molecule has 0 fully saturated rings. The summed E-state index contributed by atoms with van der Waals surface area (Å²) in [6.45, 7) is 6.45. The number of hydrogen-bond donors (Lipinski definition) is 0. The summed E-state index contributed by atoms with van der Waals surface area (Å²) < 4.78 is 16.8. The molecule has 68 heavy (non-hydrogen) atoms. The summed E-state index contributed by atoms with van der Waals surface area (Å²) in [7, 11) is 0. The first-order valence-corrected chi connectivity index (χ1v) is 28.9. The van der Waals surface area contributed by atoms with E-state index in [1.54, 1.807) is 0 Å². The Balaban J connectivity index is 4.09. The second-order valence-electron chi connectivity index (χ2n) is 19.2. The minimum absolute atomic E-state index is 0.0769. The van der Waals surface area contributed by atoms with E-state index >= 15 is 0 Å². The topological polar surface area (TPSA) is 78.9 Å². The van der Waals surface area contributed by atoms with E-state index in [0.717, 1.165) is 96.3 Å². The zero-order valence-corrected chi connectivity index (χ0v) is 44.9. The smallest absolute Gasteiger partial charge is 0.306 e. The first-order valence-electron chi connectivity index (χ1n) is 28.9. The highest BCUT2D eigenvalue weighted by Crippen LogP contribution is 2.16. The molecule has 0 amide bonds. The van der Waals surface area contributed by atoms with Crippen molar-refractivity contribution in [2.24, 2.45) is 0 Å². The lowest BCUT2D eigenvalue weighted by Gasteiger charge is -2.18. The quantitative estimate of drug-likeness (QED) is 0.0262. The number of hydrogen-bond acceptors (Lipinski definition) is 6. The summed E-state index contributed by atoms with van der Waals surface area (Å²) in [5.74, 6) is -0.887. The Morgan fingerprint density at radius 2 is 0.574 bits per heavy atom. The Morgan fingerprint density at radius 3 is 0.926 bits per heavy atom. The number of carbonyl (C=O) groups excluding carboxylic acids is 3. The van der Waals surface area contributed by atoms with Crippen LogP contribution >= 0.6 is 0 Å². The van der Waals surface area contributed by atoms with Gasteiger partial charge >= 0.3 is 17.9 Å². The lowest BCUT2D eigenvalue weighted by atomic mass is 10.0. The molecule has 392 valence electrons. The molecule has 0 N–H and O–H groups in total. The molecule has 0 aromatic rings. The summed E-state index contributed by atoms with van der Waals surface area (Å²) >= 11 is 0. The van der Waals surface area contributed by atoms with Gasteiger partial charge in [-0.3, -0.25) is 14.4 Å². The third kappa shape index (κ3) is 53.8. The normalized spacial score (nSPS) is 12.6. The Morgan fingerprint density at radius 1 is 0.309 bits per heavy atom. The van der Waals surface area contributed by atoms with Crippen LogP contribution in [0.15, 0.2) is 72.9 Å². The first kappa shape index (κ1) is 64.8. The molecule has 0 saturated heterocycles. The Kier molecular flexibility index (Phi) is 53.8. The molecular formula is C62H108O6. The van der Waals surface area contributed by atoms with Crippen LogP contribution in [0.3, 0.4) is 0 Å². The zero-order chi connectivity index (χ0) is 49.3. The minimum atomic E-state index is -0.775. The van der Waals surface area contributed by atoms with E-state index in [-0.39, 0.29) is 31.1 Å². The van der Waals surface area contributed by atoms with E-state index in [0.29, 0.717) is 19.3 Å². The number of carbonyl (C=O) groups is 3. The van der Waals surface area contributed by atoms with Gasteiger partial charge in [-0.1, -0.05) is 248 Å². The Labute approximate surface area is 421 Å². The van der Waals surface area contributed by atoms with Gasteiger partial charge < -0.3 is 14.2 Å². The maximum absolute atomic E-state index is 12.8. The van der Waals surface area contributed by atoms with Crippen molar-refractivity contribution in [3.05, 3.63) is 72.9 Å². The van der Waals surface area contributed by atoms with Gasteiger partial charge in [-0.25, -0.2) is 0 Å². The molecule has 0 rings (SSSR count). The highest BCUT2D eigenvalue weighted by molar-refractivity contribution is 5.71. The fourth-order valence-corrected chi connectivity index (χ4v) is 8.11. The second kappa shape index (κ2) is 56.4. The molecule has 0 aliphatic carbocycles. The van der Waals surface area contributed by atoms with E-state index < -0.39 is 6.10 Å². The molecule has 0 heterocycles. The minimum Gasteiger partial charge on any atom is -0.462 e. The average molecular weight is 950 g/mol. The van der Waals surface area contributed by atoms with Crippen molar-refractivity contribution in [1.29, 1.82) is 0 Å². The third-order valence-electron chi connectivity index (χ3n) is 12.4. The van der Waals surface area contributed by atoms with E-state index in [1.165, 1.54) is 148 Å². The second-order valence-corrected chi connectivity index (χ2v) is 19.2. The molecule has 6 heteroatoms. The largest absolute Gasteiger partial charge is 0.462 e. The van der Waals surface area contributed by atoms with Crippen LogP contribution in [0.4, 0.5) is 0 Å². The molecule has 1 atom stereocenters. The molecule has 1 unspecified atom stereocenters. The summed E-state index contributed by atoms with van der Waals surface area (Å²) in [6.07, 6.45) is 72.1. The molecule has 0 aliphatic rings. The summed E-state index contributed by atoms with van der Waals surface area (Å²) in [5, 5.41) is 0. The summed E-state index contributed by atoms with van der Waals surface area (Å²) in [4.78, 5) is 37.9. The fraction of sp³-hybridized carbons (Fsp3) is 0.758. The average Bonchev–Trinajstić information content (AvgIpc) is 3.34. The Hall–Kier alpha value is -3.15. The molecule has 0 bridgehead atoms. The van der Waals surface area contributed by atoms with Crippen molar-refractivity contribution in [1.82, 2.24) is 0 Å². The van der Waals surface area contributed by atoms with Gasteiger partial charge in [0.1, 0.15) is 13.2 Å². The molecule has 6 nitrogen and oxygen atoms in total. The molecular weight excluding hydrogens is 841 g/mol. The molecule has 0 aliphatic heterocycles. The molecule has 0 spiro atoms. The van der Waals surface area contributed by atoms with Gasteiger partial charge in [0.05, 0.1) is 0 Å². The molecule has 0 aromatic carbocycles. The first-order chi connectivity index (χ1) is 33.5. The van der Waals surface area contributed by atoms with E-state index in [1.807, 2.05) is 0 Å².